The van der Waals surface area contributed by atoms with Crippen molar-refractivity contribution in [1.82, 2.24) is 5.32 Å². The summed E-state index contributed by atoms with van der Waals surface area (Å²) in [6.07, 6.45) is -0.541. The van der Waals surface area contributed by atoms with E-state index in [4.69, 9.17) is 14.2 Å². The summed E-state index contributed by atoms with van der Waals surface area (Å²) in [5, 5.41) is 13.2. The Balaban J connectivity index is 1.68. The summed E-state index contributed by atoms with van der Waals surface area (Å²) < 4.78 is 17.9. The fourth-order valence-corrected chi connectivity index (χ4v) is 4.87. The number of benzene rings is 3. The minimum atomic E-state index is -0.541. The molecule has 5 nitrogen and oxygen atoms in total. The fraction of sp³-hybridized carbons (Fsp3) is 0.379. The SMILES string of the molecule is CCNC[C@H](O)COc1ccc([C@@H]2c3ccc(OC)cc3OC(C)(C)[C@H]2c2ccccc2)cc1. The van der Waals surface area contributed by atoms with E-state index >= 15 is 0 Å². The van der Waals surface area contributed by atoms with Crippen LogP contribution in [0.3, 0.4) is 0 Å². The molecule has 0 aromatic heterocycles. The number of hydrogen-bond donors (Lipinski definition) is 2. The molecule has 0 saturated heterocycles. The minimum Gasteiger partial charge on any atom is -0.497 e. The molecule has 1 aliphatic rings. The maximum absolute atomic E-state index is 10.1. The molecule has 34 heavy (non-hydrogen) atoms. The van der Waals surface area contributed by atoms with Crippen molar-refractivity contribution in [2.24, 2.45) is 0 Å². The topological polar surface area (TPSA) is 60.0 Å². The van der Waals surface area contributed by atoms with E-state index in [2.05, 4.69) is 61.6 Å². The maximum Gasteiger partial charge on any atom is 0.127 e. The van der Waals surface area contributed by atoms with Crippen LogP contribution in [0.4, 0.5) is 0 Å². The van der Waals surface area contributed by atoms with E-state index in [0.717, 1.165) is 29.4 Å². The third-order valence-corrected chi connectivity index (χ3v) is 6.48. The highest BCUT2D eigenvalue weighted by atomic mass is 16.5. The van der Waals surface area contributed by atoms with E-state index in [1.165, 1.54) is 11.1 Å². The minimum absolute atomic E-state index is 0.0976. The van der Waals surface area contributed by atoms with Gasteiger partial charge in [0, 0.05) is 30.0 Å². The smallest absolute Gasteiger partial charge is 0.127 e. The number of aliphatic hydroxyl groups excluding tert-OH is 1. The van der Waals surface area contributed by atoms with Crippen LogP contribution in [-0.4, -0.2) is 43.6 Å². The molecule has 0 radical (unpaired) electrons. The van der Waals surface area contributed by atoms with E-state index in [-0.39, 0.29) is 18.4 Å². The first-order chi connectivity index (χ1) is 16.4. The highest BCUT2D eigenvalue weighted by Gasteiger charge is 2.45. The number of nitrogens with one attached hydrogen (secondary N) is 1. The standard InChI is InChI=1S/C29H35NO4/c1-5-30-18-22(31)19-33-23-13-11-20(12-14-23)27-25-16-15-24(32-4)17-26(25)34-29(2,3)28(27)21-9-7-6-8-10-21/h6-17,22,27-28,30-31H,5,18-19H2,1-4H3/t22-,27+,28-/m0/s1. The molecule has 2 N–H and O–H groups in total. The second-order valence-corrected chi connectivity index (χ2v) is 9.32. The van der Waals surface area contributed by atoms with E-state index in [9.17, 15) is 5.11 Å². The van der Waals surface area contributed by atoms with Crippen LogP contribution in [0.25, 0.3) is 0 Å². The fourth-order valence-electron chi connectivity index (χ4n) is 4.87. The van der Waals surface area contributed by atoms with Gasteiger partial charge in [-0.05, 0) is 49.7 Å². The molecular formula is C29H35NO4. The van der Waals surface area contributed by atoms with Crippen LogP contribution < -0.4 is 19.5 Å². The van der Waals surface area contributed by atoms with Crippen molar-refractivity contribution in [1.29, 1.82) is 0 Å². The van der Waals surface area contributed by atoms with Crippen molar-refractivity contribution in [3.63, 3.8) is 0 Å². The molecule has 0 aliphatic carbocycles. The summed E-state index contributed by atoms with van der Waals surface area (Å²) >= 11 is 0. The molecule has 0 saturated carbocycles. The summed E-state index contributed by atoms with van der Waals surface area (Å²) in [5.74, 6) is 2.60. The van der Waals surface area contributed by atoms with Gasteiger partial charge < -0.3 is 24.6 Å². The molecule has 0 spiro atoms. The van der Waals surface area contributed by atoms with E-state index in [0.29, 0.717) is 6.54 Å². The van der Waals surface area contributed by atoms with Gasteiger partial charge in [-0.25, -0.2) is 0 Å². The summed E-state index contributed by atoms with van der Waals surface area (Å²) in [6.45, 7) is 7.92. The third-order valence-electron chi connectivity index (χ3n) is 6.48. The quantitative estimate of drug-likeness (QED) is 0.463. The lowest BCUT2D eigenvalue weighted by molar-refractivity contribution is 0.0528. The zero-order chi connectivity index (χ0) is 24.1. The Labute approximate surface area is 202 Å². The van der Waals surface area contributed by atoms with Crippen LogP contribution in [0, 0.1) is 0 Å². The first-order valence-corrected chi connectivity index (χ1v) is 12.0. The Morgan fingerprint density at radius 3 is 2.35 bits per heavy atom. The van der Waals surface area contributed by atoms with Gasteiger partial charge in [0.2, 0.25) is 0 Å². The van der Waals surface area contributed by atoms with E-state index < -0.39 is 11.7 Å². The lowest BCUT2D eigenvalue weighted by Crippen LogP contribution is -2.43. The van der Waals surface area contributed by atoms with E-state index in [1.54, 1.807) is 7.11 Å². The molecule has 180 valence electrons. The molecule has 0 fully saturated rings. The second kappa shape index (κ2) is 10.5. The van der Waals surface area contributed by atoms with Crippen LogP contribution >= 0.6 is 0 Å². The molecule has 5 heteroatoms. The van der Waals surface area contributed by atoms with Gasteiger partial charge in [0.25, 0.3) is 0 Å². The summed E-state index contributed by atoms with van der Waals surface area (Å²) in [7, 11) is 1.67. The van der Waals surface area contributed by atoms with Crippen molar-refractivity contribution < 1.29 is 19.3 Å². The van der Waals surface area contributed by atoms with Gasteiger partial charge >= 0.3 is 0 Å². The zero-order valence-corrected chi connectivity index (χ0v) is 20.5. The first-order valence-electron chi connectivity index (χ1n) is 12.0. The molecule has 1 aliphatic heterocycles. The van der Waals surface area contributed by atoms with Gasteiger partial charge in [-0.2, -0.15) is 0 Å². The molecule has 4 rings (SSSR count). The molecule has 3 atom stereocenters. The number of hydrogen-bond acceptors (Lipinski definition) is 5. The molecular weight excluding hydrogens is 426 g/mol. The zero-order valence-electron chi connectivity index (χ0n) is 20.5. The van der Waals surface area contributed by atoms with Crippen molar-refractivity contribution in [3.8, 4) is 17.2 Å². The maximum atomic E-state index is 10.1. The normalized spacial score (nSPS) is 19.6. The van der Waals surface area contributed by atoms with Gasteiger partial charge in [-0.3, -0.25) is 0 Å². The van der Waals surface area contributed by atoms with Crippen molar-refractivity contribution in [3.05, 3.63) is 89.5 Å². The van der Waals surface area contributed by atoms with Gasteiger partial charge in [-0.15, -0.1) is 0 Å². The van der Waals surface area contributed by atoms with Gasteiger partial charge in [0.15, 0.2) is 0 Å². The Kier molecular flexibility index (Phi) is 7.44. The molecule has 3 aromatic rings. The van der Waals surface area contributed by atoms with Crippen LogP contribution in [0.2, 0.25) is 0 Å². The van der Waals surface area contributed by atoms with Gasteiger partial charge in [-0.1, -0.05) is 55.5 Å². The highest BCUT2D eigenvalue weighted by molar-refractivity contribution is 5.52. The first kappa shape index (κ1) is 24.1. The van der Waals surface area contributed by atoms with E-state index in [1.807, 2.05) is 37.3 Å². The largest absolute Gasteiger partial charge is 0.497 e. The second-order valence-electron chi connectivity index (χ2n) is 9.32. The number of ether oxygens (including phenoxy) is 3. The van der Waals surface area contributed by atoms with Crippen LogP contribution in [0.5, 0.6) is 17.2 Å². The monoisotopic (exact) mass is 461 g/mol. The Bertz CT molecular complexity index is 1070. The molecule has 0 unspecified atom stereocenters. The van der Waals surface area contributed by atoms with Crippen molar-refractivity contribution >= 4 is 0 Å². The lowest BCUT2D eigenvalue weighted by Gasteiger charge is -2.45. The van der Waals surface area contributed by atoms with Crippen LogP contribution in [-0.2, 0) is 0 Å². The lowest BCUT2D eigenvalue weighted by atomic mass is 9.68. The Morgan fingerprint density at radius 2 is 1.68 bits per heavy atom. The number of likely N-dealkylation sites (N-methyl/N-ethyl adjacent to an activating group) is 1. The summed E-state index contributed by atoms with van der Waals surface area (Å²) in [4.78, 5) is 0. The number of methoxy groups -OCH3 is 1. The van der Waals surface area contributed by atoms with Crippen molar-refractivity contribution in [2.75, 3.05) is 26.8 Å². The predicted octanol–water partition coefficient (Wildman–Crippen LogP) is 5.13. The van der Waals surface area contributed by atoms with Gasteiger partial charge in [0.05, 0.1) is 7.11 Å². The Morgan fingerprint density at radius 1 is 0.971 bits per heavy atom. The van der Waals surface area contributed by atoms with Gasteiger partial charge in [0.1, 0.15) is 35.6 Å². The summed E-state index contributed by atoms with van der Waals surface area (Å²) in [6, 6.07) is 24.9. The van der Waals surface area contributed by atoms with Crippen molar-refractivity contribution in [2.45, 2.75) is 44.3 Å². The average Bonchev–Trinajstić information content (AvgIpc) is 2.85. The Hall–Kier alpha value is -3.02. The number of aliphatic hydroxyl groups is 1. The van der Waals surface area contributed by atoms with Crippen LogP contribution in [0.1, 0.15) is 49.3 Å². The predicted molar refractivity (Wildman–Crippen MR) is 135 cm³/mol. The highest BCUT2D eigenvalue weighted by Crippen LogP contribution is 2.53. The average molecular weight is 462 g/mol. The number of fused-ring (bicyclic) bond motifs is 1. The third kappa shape index (κ3) is 5.21. The molecule has 0 amide bonds. The summed E-state index contributed by atoms with van der Waals surface area (Å²) in [5.41, 5.74) is 3.14. The van der Waals surface area contributed by atoms with Crippen LogP contribution in [0.15, 0.2) is 72.8 Å². The molecule has 3 aromatic carbocycles. The number of rotatable bonds is 9. The molecule has 0 bridgehead atoms. The molecule has 1 heterocycles.